The Morgan fingerprint density at radius 1 is 1.10 bits per heavy atom. The molecule has 3 rings (SSSR count). The predicted molar refractivity (Wildman–Crippen MR) is 106 cm³/mol. The van der Waals surface area contributed by atoms with E-state index in [1.807, 2.05) is 13.0 Å². The van der Waals surface area contributed by atoms with Crippen LogP contribution in [0.2, 0.25) is 0 Å². The molecule has 3 aromatic rings. The summed E-state index contributed by atoms with van der Waals surface area (Å²) in [5, 5.41) is 16.9. The van der Waals surface area contributed by atoms with Crippen LogP contribution in [0, 0.1) is 0 Å². The van der Waals surface area contributed by atoms with Gasteiger partial charge in [-0.15, -0.1) is 10.2 Å². The van der Waals surface area contributed by atoms with Crippen molar-refractivity contribution in [1.82, 2.24) is 20.6 Å². The second-order valence-corrected chi connectivity index (χ2v) is 6.15. The van der Waals surface area contributed by atoms with Gasteiger partial charge in [0.05, 0.1) is 20.8 Å². The van der Waals surface area contributed by atoms with Gasteiger partial charge in [0, 0.05) is 5.69 Å². The largest absolute Gasteiger partial charge is 0.497 e. The van der Waals surface area contributed by atoms with Crippen molar-refractivity contribution in [3.8, 4) is 17.2 Å². The van der Waals surface area contributed by atoms with Crippen LogP contribution >= 0.6 is 0 Å². The molecule has 0 aliphatic heterocycles. The summed E-state index contributed by atoms with van der Waals surface area (Å²) < 4.78 is 16.2. The first-order chi connectivity index (χ1) is 14.1. The van der Waals surface area contributed by atoms with E-state index in [-0.39, 0.29) is 5.91 Å². The molecule has 0 spiro atoms. The fourth-order valence-corrected chi connectivity index (χ4v) is 2.91. The minimum atomic E-state index is -0.679. The highest BCUT2D eigenvalue weighted by Crippen LogP contribution is 2.29. The van der Waals surface area contributed by atoms with Gasteiger partial charge >= 0.3 is 0 Å². The number of rotatable bonds is 9. The summed E-state index contributed by atoms with van der Waals surface area (Å²) in [6.45, 7) is 2.49. The molecular weight excluding hydrogens is 374 g/mol. The van der Waals surface area contributed by atoms with Gasteiger partial charge in [-0.1, -0.05) is 5.21 Å². The van der Waals surface area contributed by atoms with Crippen LogP contribution in [0.4, 0.5) is 5.69 Å². The minimum absolute atomic E-state index is 0.263. The van der Waals surface area contributed by atoms with Crippen molar-refractivity contribution < 1.29 is 19.0 Å². The number of carbonyl (C=O) groups is 1. The lowest BCUT2D eigenvalue weighted by Gasteiger charge is -2.16. The summed E-state index contributed by atoms with van der Waals surface area (Å²) in [5.41, 5.74) is 1.44. The number of amides is 1. The number of aromatic amines is 1. The predicted octanol–water partition coefficient (Wildman–Crippen LogP) is 2.58. The molecular formula is C20H23N5O4. The number of hydrogen-bond acceptors (Lipinski definition) is 7. The van der Waals surface area contributed by atoms with Gasteiger partial charge in [-0.3, -0.25) is 4.79 Å². The SMILES string of the molecule is CCOc1ccc(NC(=O)[C@H](Cc2cc(OC)ccc2OC)c2nn[nH]n2)cc1. The lowest BCUT2D eigenvalue weighted by Crippen LogP contribution is -2.24. The number of carbonyl (C=O) groups excluding carboxylic acids is 1. The number of ether oxygens (including phenoxy) is 3. The maximum atomic E-state index is 13.0. The van der Waals surface area contributed by atoms with Crippen molar-refractivity contribution in [3.63, 3.8) is 0 Å². The van der Waals surface area contributed by atoms with Crippen molar-refractivity contribution >= 4 is 11.6 Å². The number of methoxy groups -OCH3 is 2. The Bertz CT molecular complexity index is 929. The Balaban J connectivity index is 1.83. The Labute approximate surface area is 168 Å². The minimum Gasteiger partial charge on any atom is -0.497 e. The van der Waals surface area contributed by atoms with Crippen LogP contribution in [0.5, 0.6) is 17.2 Å². The fourth-order valence-electron chi connectivity index (χ4n) is 2.91. The Kier molecular flexibility index (Phi) is 6.62. The van der Waals surface area contributed by atoms with E-state index in [0.717, 1.165) is 11.3 Å². The highest BCUT2D eigenvalue weighted by molar-refractivity contribution is 5.95. The van der Waals surface area contributed by atoms with Crippen LogP contribution in [0.25, 0.3) is 0 Å². The molecule has 29 heavy (non-hydrogen) atoms. The lowest BCUT2D eigenvalue weighted by atomic mass is 9.96. The van der Waals surface area contributed by atoms with Crippen LogP contribution in [-0.4, -0.2) is 47.4 Å². The molecule has 1 aromatic heterocycles. The van der Waals surface area contributed by atoms with Crippen LogP contribution in [0.1, 0.15) is 24.2 Å². The number of hydrogen-bond donors (Lipinski definition) is 2. The van der Waals surface area contributed by atoms with E-state index < -0.39 is 5.92 Å². The van der Waals surface area contributed by atoms with E-state index in [2.05, 4.69) is 25.9 Å². The lowest BCUT2D eigenvalue weighted by molar-refractivity contribution is -0.117. The number of tetrazole rings is 1. The third-order valence-corrected chi connectivity index (χ3v) is 4.33. The first-order valence-electron chi connectivity index (χ1n) is 9.12. The van der Waals surface area contributed by atoms with E-state index in [9.17, 15) is 4.79 Å². The first kappa shape index (κ1) is 20.1. The van der Waals surface area contributed by atoms with Gasteiger partial charge in [0.25, 0.3) is 0 Å². The van der Waals surface area contributed by atoms with E-state index in [1.165, 1.54) is 0 Å². The Morgan fingerprint density at radius 2 is 1.86 bits per heavy atom. The van der Waals surface area contributed by atoms with Gasteiger partial charge in [-0.25, -0.2) is 0 Å². The number of H-pyrrole nitrogens is 1. The highest BCUT2D eigenvalue weighted by atomic mass is 16.5. The zero-order valence-corrected chi connectivity index (χ0v) is 16.5. The normalized spacial score (nSPS) is 11.6. The number of nitrogens with zero attached hydrogens (tertiary/aromatic N) is 3. The quantitative estimate of drug-likeness (QED) is 0.571. The zero-order valence-electron chi connectivity index (χ0n) is 16.5. The summed E-state index contributed by atoms with van der Waals surface area (Å²) in [7, 11) is 3.16. The molecule has 0 aliphatic rings. The van der Waals surface area contributed by atoms with Crippen LogP contribution in [0.15, 0.2) is 42.5 Å². The van der Waals surface area contributed by atoms with Gasteiger partial charge < -0.3 is 19.5 Å². The molecule has 9 nitrogen and oxygen atoms in total. The number of benzene rings is 2. The second-order valence-electron chi connectivity index (χ2n) is 6.15. The van der Waals surface area contributed by atoms with Gasteiger partial charge in [-0.2, -0.15) is 5.21 Å². The standard InChI is InChI=1S/C20H23N5O4/c1-4-29-15-7-5-14(6-8-15)21-20(26)17(19-22-24-25-23-19)12-13-11-16(27-2)9-10-18(13)28-3/h5-11,17H,4,12H2,1-3H3,(H,21,26)(H,22,23,24,25)/t17-/m1/s1. The number of nitrogens with one attached hydrogen (secondary N) is 2. The molecule has 152 valence electrons. The van der Waals surface area contributed by atoms with E-state index in [0.29, 0.717) is 36.0 Å². The second kappa shape index (κ2) is 9.54. The van der Waals surface area contributed by atoms with E-state index in [4.69, 9.17) is 14.2 Å². The first-order valence-corrected chi connectivity index (χ1v) is 9.12. The summed E-state index contributed by atoms with van der Waals surface area (Å²) in [6.07, 6.45) is 0.308. The van der Waals surface area contributed by atoms with Gasteiger partial charge in [0.2, 0.25) is 5.91 Å². The maximum Gasteiger partial charge on any atom is 0.235 e. The molecule has 1 amide bonds. The van der Waals surface area contributed by atoms with Gasteiger partial charge in [-0.05, 0) is 61.4 Å². The monoisotopic (exact) mass is 397 g/mol. The molecule has 2 aromatic carbocycles. The van der Waals surface area contributed by atoms with Crippen molar-refractivity contribution in [2.24, 2.45) is 0 Å². The van der Waals surface area contributed by atoms with E-state index >= 15 is 0 Å². The Hall–Kier alpha value is -3.62. The van der Waals surface area contributed by atoms with Crippen molar-refractivity contribution in [3.05, 3.63) is 53.9 Å². The average Bonchev–Trinajstić information content (AvgIpc) is 3.27. The van der Waals surface area contributed by atoms with Crippen LogP contribution in [0.3, 0.4) is 0 Å². The molecule has 0 aliphatic carbocycles. The van der Waals surface area contributed by atoms with Crippen molar-refractivity contribution in [1.29, 1.82) is 0 Å². The summed E-state index contributed by atoms with van der Waals surface area (Å²) in [4.78, 5) is 13.0. The fraction of sp³-hybridized carbons (Fsp3) is 0.300. The highest BCUT2D eigenvalue weighted by Gasteiger charge is 2.27. The average molecular weight is 397 g/mol. The molecule has 0 saturated heterocycles. The smallest absolute Gasteiger partial charge is 0.235 e. The number of anilines is 1. The van der Waals surface area contributed by atoms with Gasteiger partial charge in [0.1, 0.15) is 23.2 Å². The summed E-state index contributed by atoms with van der Waals surface area (Å²) in [5.74, 6) is 1.40. The zero-order chi connectivity index (χ0) is 20.6. The molecule has 0 saturated carbocycles. The molecule has 9 heteroatoms. The maximum absolute atomic E-state index is 13.0. The summed E-state index contributed by atoms with van der Waals surface area (Å²) >= 11 is 0. The molecule has 1 heterocycles. The molecule has 0 fully saturated rings. The topological polar surface area (TPSA) is 111 Å². The molecule has 1 atom stereocenters. The van der Waals surface area contributed by atoms with Crippen molar-refractivity contribution in [2.45, 2.75) is 19.3 Å². The molecule has 0 radical (unpaired) electrons. The third-order valence-electron chi connectivity index (χ3n) is 4.33. The Morgan fingerprint density at radius 3 is 2.48 bits per heavy atom. The molecule has 2 N–H and O–H groups in total. The third kappa shape index (κ3) is 5.01. The van der Waals surface area contributed by atoms with Crippen LogP contribution < -0.4 is 19.5 Å². The molecule has 0 unspecified atom stereocenters. The van der Waals surface area contributed by atoms with Crippen molar-refractivity contribution in [2.75, 3.05) is 26.1 Å². The van der Waals surface area contributed by atoms with E-state index in [1.54, 1.807) is 50.6 Å². The summed E-state index contributed by atoms with van der Waals surface area (Å²) in [6, 6.07) is 12.6. The number of aromatic nitrogens is 4. The molecule has 0 bridgehead atoms. The van der Waals surface area contributed by atoms with Gasteiger partial charge in [0.15, 0.2) is 5.82 Å². The van der Waals surface area contributed by atoms with Crippen LogP contribution in [-0.2, 0) is 11.2 Å².